The zero-order valence-corrected chi connectivity index (χ0v) is 11.3. The van der Waals surface area contributed by atoms with Gasteiger partial charge in [0.25, 0.3) is 0 Å². The van der Waals surface area contributed by atoms with Crippen molar-refractivity contribution in [2.45, 2.75) is 39.5 Å². The van der Waals surface area contributed by atoms with E-state index in [1.165, 1.54) is 0 Å². The number of nitrogens with one attached hydrogen (secondary N) is 2. The van der Waals surface area contributed by atoms with Crippen molar-refractivity contribution in [3.63, 3.8) is 0 Å². The molecule has 0 bridgehead atoms. The third-order valence-electron chi connectivity index (χ3n) is 3.91. The second-order valence-electron chi connectivity index (χ2n) is 5.39. The molecule has 0 aliphatic carbocycles. The zero-order valence-electron chi connectivity index (χ0n) is 11.3. The Kier molecular flexibility index (Phi) is 5.59. The first-order valence-corrected chi connectivity index (χ1v) is 6.69. The van der Waals surface area contributed by atoms with E-state index < -0.39 is 11.4 Å². The highest BCUT2D eigenvalue weighted by molar-refractivity contribution is 5.78. The molecule has 2 atom stereocenters. The van der Waals surface area contributed by atoms with Crippen LogP contribution in [0.5, 0.6) is 0 Å². The van der Waals surface area contributed by atoms with Gasteiger partial charge in [-0.05, 0) is 45.2 Å². The lowest BCUT2D eigenvalue weighted by Crippen LogP contribution is -2.40. The van der Waals surface area contributed by atoms with Crippen molar-refractivity contribution < 1.29 is 14.7 Å². The number of carboxylic acids is 1. The fraction of sp³-hybridized carbons (Fsp3) is 0.846. The quantitative estimate of drug-likeness (QED) is 0.635. The summed E-state index contributed by atoms with van der Waals surface area (Å²) in [7, 11) is 0. The van der Waals surface area contributed by atoms with E-state index in [0.29, 0.717) is 18.8 Å². The Morgan fingerprint density at radius 1 is 1.50 bits per heavy atom. The van der Waals surface area contributed by atoms with Crippen LogP contribution in [0.3, 0.4) is 0 Å². The Morgan fingerprint density at radius 3 is 2.72 bits per heavy atom. The molecule has 1 heterocycles. The molecule has 1 aliphatic heterocycles. The van der Waals surface area contributed by atoms with Gasteiger partial charge in [0.05, 0.1) is 5.41 Å². The Morgan fingerprint density at radius 2 is 2.22 bits per heavy atom. The summed E-state index contributed by atoms with van der Waals surface area (Å²) in [5.41, 5.74) is -0.857. The second-order valence-corrected chi connectivity index (χ2v) is 5.39. The summed E-state index contributed by atoms with van der Waals surface area (Å²) in [6.07, 6.45) is 3.02. The minimum Gasteiger partial charge on any atom is -0.481 e. The number of hydrogen-bond acceptors (Lipinski definition) is 3. The lowest BCUT2D eigenvalue weighted by molar-refractivity contribution is -0.148. The third kappa shape index (κ3) is 4.29. The van der Waals surface area contributed by atoms with E-state index in [9.17, 15) is 9.59 Å². The highest BCUT2D eigenvalue weighted by atomic mass is 16.4. The average molecular weight is 256 g/mol. The molecule has 0 saturated carbocycles. The lowest BCUT2D eigenvalue weighted by Gasteiger charge is -2.23. The summed E-state index contributed by atoms with van der Waals surface area (Å²) >= 11 is 0. The van der Waals surface area contributed by atoms with Crippen LogP contribution < -0.4 is 10.6 Å². The van der Waals surface area contributed by atoms with Gasteiger partial charge < -0.3 is 15.7 Å². The topological polar surface area (TPSA) is 78.4 Å². The maximum Gasteiger partial charge on any atom is 0.311 e. The van der Waals surface area contributed by atoms with E-state index in [-0.39, 0.29) is 12.5 Å². The molecule has 1 aliphatic rings. The molecule has 3 N–H and O–H groups in total. The van der Waals surface area contributed by atoms with E-state index in [4.69, 9.17) is 5.11 Å². The number of rotatable bonds is 7. The third-order valence-corrected chi connectivity index (χ3v) is 3.91. The Hall–Kier alpha value is -1.10. The van der Waals surface area contributed by atoms with Crippen LogP contribution in [-0.4, -0.2) is 36.6 Å². The van der Waals surface area contributed by atoms with Gasteiger partial charge in [-0.2, -0.15) is 0 Å². The van der Waals surface area contributed by atoms with Gasteiger partial charge in [-0.3, -0.25) is 9.59 Å². The Bertz CT molecular complexity index is 301. The number of carbonyl (C=O) groups excluding carboxylic acids is 1. The summed E-state index contributed by atoms with van der Waals surface area (Å²) in [6.45, 7) is 5.73. The summed E-state index contributed by atoms with van der Waals surface area (Å²) < 4.78 is 0. The minimum absolute atomic E-state index is 0.0391. The van der Waals surface area contributed by atoms with E-state index in [0.717, 1.165) is 25.9 Å². The van der Waals surface area contributed by atoms with E-state index >= 15 is 0 Å². The number of aliphatic carboxylic acids is 1. The first kappa shape index (κ1) is 15.0. The lowest BCUT2D eigenvalue weighted by atomic mass is 9.87. The highest BCUT2D eigenvalue weighted by Crippen LogP contribution is 2.20. The van der Waals surface area contributed by atoms with Gasteiger partial charge in [-0.1, -0.05) is 6.92 Å². The van der Waals surface area contributed by atoms with Crippen molar-refractivity contribution in [3.05, 3.63) is 0 Å². The van der Waals surface area contributed by atoms with Crippen LogP contribution in [0.2, 0.25) is 0 Å². The molecule has 0 spiro atoms. The fourth-order valence-electron chi connectivity index (χ4n) is 2.03. The van der Waals surface area contributed by atoms with Crippen LogP contribution in [-0.2, 0) is 9.59 Å². The first-order chi connectivity index (χ1) is 8.48. The van der Waals surface area contributed by atoms with Gasteiger partial charge in [-0.15, -0.1) is 0 Å². The van der Waals surface area contributed by atoms with Crippen LogP contribution in [0.15, 0.2) is 0 Å². The zero-order chi connectivity index (χ0) is 13.6. The predicted molar refractivity (Wildman–Crippen MR) is 69.3 cm³/mol. The summed E-state index contributed by atoms with van der Waals surface area (Å²) in [6, 6.07) is 0. The number of amides is 1. The molecular weight excluding hydrogens is 232 g/mol. The van der Waals surface area contributed by atoms with Crippen molar-refractivity contribution in [3.8, 4) is 0 Å². The molecule has 1 fully saturated rings. The second kappa shape index (κ2) is 6.73. The van der Waals surface area contributed by atoms with Crippen molar-refractivity contribution in [1.82, 2.24) is 10.6 Å². The monoisotopic (exact) mass is 256 g/mol. The number of hydrogen-bond donors (Lipinski definition) is 3. The fourth-order valence-corrected chi connectivity index (χ4v) is 2.03. The molecule has 0 aromatic carbocycles. The number of carbonyl (C=O) groups is 2. The van der Waals surface area contributed by atoms with Crippen LogP contribution >= 0.6 is 0 Å². The van der Waals surface area contributed by atoms with Gasteiger partial charge in [0.15, 0.2) is 0 Å². The van der Waals surface area contributed by atoms with Crippen molar-refractivity contribution >= 4 is 11.9 Å². The molecule has 0 aromatic heterocycles. The normalized spacial score (nSPS) is 22.4. The molecule has 1 saturated heterocycles. The maximum absolute atomic E-state index is 11.7. The van der Waals surface area contributed by atoms with Crippen molar-refractivity contribution in [2.75, 3.05) is 19.6 Å². The smallest absolute Gasteiger partial charge is 0.311 e. The van der Waals surface area contributed by atoms with Gasteiger partial charge in [-0.25, -0.2) is 0 Å². The van der Waals surface area contributed by atoms with Gasteiger partial charge in [0.1, 0.15) is 0 Å². The molecule has 2 unspecified atom stereocenters. The van der Waals surface area contributed by atoms with Crippen LogP contribution in [0.1, 0.15) is 39.5 Å². The average Bonchev–Trinajstić information content (AvgIpc) is 2.86. The summed E-state index contributed by atoms with van der Waals surface area (Å²) in [5, 5.41) is 15.1. The largest absolute Gasteiger partial charge is 0.481 e. The molecule has 0 radical (unpaired) electrons. The van der Waals surface area contributed by atoms with Gasteiger partial charge >= 0.3 is 5.97 Å². The standard InChI is InChI=1S/C13H24N2O3/c1-3-13(2,12(17)18)9-15-11(16)5-4-10-6-7-14-8-10/h10,14H,3-9H2,1-2H3,(H,15,16)(H,17,18). The molecule has 1 amide bonds. The van der Waals surface area contributed by atoms with E-state index in [1.54, 1.807) is 6.92 Å². The van der Waals surface area contributed by atoms with Gasteiger partial charge in [0.2, 0.25) is 5.91 Å². The van der Waals surface area contributed by atoms with Crippen LogP contribution in [0, 0.1) is 11.3 Å². The van der Waals surface area contributed by atoms with E-state index in [1.807, 2.05) is 6.92 Å². The molecular formula is C13H24N2O3. The molecule has 0 aromatic rings. The number of carboxylic acid groups (broad SMARTS) is 1. The van der Waals surface area contributed by atoms with Gasteiger partial charge in [0, 0.05) is 13.0 Å². The summed E-state index contributed by atoms with van der Waals surface area (Å²) in [4.78, 5) is 22.7. The van der Waals surface area contributed by atoms with Crippen LogP contribution in [0.25, 0.3) is 0 Å². The summed E-state index contributed by atoms with van der Waals surface area (Å²) in [5.74, 6) is -0.305. The van der Waals surface area contributed by atoms with Crippen molar-refractivity contribution in [1.29, 1.82) is 0 Å². The molecule has 1 rings (SSSR count). The Labute approximate surface area is 108 Å². The highest BCUT2D eigenvalue weighted by Gasteiger charge is 2.31. The van der Waals surface area contributed by atoms with E-state index in [2.05, 4.69) is 10.6 Å². The molecule has 18 heavy (non-hydrogen) atoms. The molecule has 5 heteroatoms. The predicted octanol–water partition coefficient (Wildman–Crippen LogP) is 0.993. The Balaban J connectivity index is 2.25. The maximum atomic E-state index is 11.7. The first-order valence-electron chi connectivity index (χ1n) is 6.69. The molecule has 5 nitrogen and oxygen atoms in total. The minimum atomic E-state index is -0.857. The SMILES string of the molecule is CCC(C)(CNC(=O)CCC1CCNC1)C(=O)O. The molecule has 104 valence electrons. The van der Waals surface area contributed by atoms with Crippen LogP contribution in [0.4, 0.5) is 0 Å². The van der Waals surface area contributed by atoms with Crippen molar-refractivity contribution in [2.24, 2.45) is 11.3 Å².